The number of rotatable bonds is 0. The van der Waals surface area contributed by atoms with E-state index in [1.807, 2.05) is 0 Å². The smallest absolute Gasteiger partial charge is 0.0708 e. The summed E-state index contributed by atoms with van der Waals surface area (Å²) in [5.74, 6) is 0. The molecule has 0 fully saturated rings. The lowest BCUT2D eigenvalue weighted by atomic mass is 9.90. The van der Waals surface area contributed by atoms with Gasteiger partial charge in [0.2, 0.25) is 0 Å². The first-order valence-electron chi connectivity index (χ1n) is 6.91. The lowest BCUT2D eigenvalue weighted by Crippen LogP contribution is -2.16. The van der Waals surface area contributed by atoms with Crippen molar-refractivity contribution in [1.82, 2.24) is 4.98 Å². The van der Waals surface area contributed by atoms with Crippen LogP contribution in [-0.2, 0) is 5.41 Å². The molecule has 0 radical (unpaired) electrons. The summed E-state index contributed by atoms with van der Waals surface area (Å²) in [4.78, 5) is 4.35. The first-order chi connectivity index (χ1) is 9.05. The molecule has 2 aromatic rings. The molecule has 16 heavy (non-hydrogen) atoms. The molecule has 0 spiro atoms. The van der Waals surface area contributed by atoms with Gasteiger partial charge in [0.25, 0.3) is 0 Å². The molecular formula is C13H15ClN2. The molecule has 1 aromatic carbocycles. The standard InChI is InChI=1S/C13H15ClN2/c1-13(2,3)12-10(15)7-8-6-9(14)4-5-11(8)16-12/h4-7H,15H2,1-3H3/i1D3,7D. The van der Waals surface area contributed by atoms with Gasteiger partial charge in [-0.15, -0.1) is 0 Å². The van der Waals surface area contributed by atoms with Gasteiger partial charge in [0.15, 0.2) is 0 Å². The average Bonchev–Trinajstić information content (AvgIpc) is 2.32. The third-order valence-electron chi connectivity index (χ3n) is 2.31. The third-order valence-corrected chi connectivity index (χ3v) is 2.54. The molecule has 1 aromatic heterocycles. The Balaban J connectivity index is 2.80. The van der Waals surface area contributed by atoms with E-state index in [9.17, 15) is 0 Å². The molecule has 3 heteroatoms. The number of anilines is 1. The van der Waals surface area contributed by atoms with Crippen molar-refractivity contribution in [1.29, 1.82) is 0 Å². The number of fused-ring (bicyclic) bond motifs is 1. The molecule has 0 aliphatic rings. The Morgan fingerprint density at radius 3 is 2.94 bits per heavy atom. The normalized spacial score (nSPS) is 16.4. The molecular weight excluding hydrogens is 220 g/mol. The van der Waals surface area contributed by atoms with Gasteiger partial charge >= 0.3 is 0 Å². The van der Waals surface area contributed by atoms with Crippen molar-refractivity contribution in [2.45, 2.75) is 26.1 Å². The topological polar surface area (TPSA) is 38.9 Å². The Bertz CT molecular complexity index is 680. The maximum absolute atomic E-state index is 8.10. The molecule has 84 valence electrons. The monoisotopic (exact) mass is 238 g/mol. The SMILES string of the molecule is [2H]c1c(N)c(C(C)(C)C([2H])([2H])[2H])nc2ccc(Cl)cc12. The molecule has 2 N–H and O–H groups in total. The second-order valence-corrected chi connectivity index (χ2v) is 4.72. The van der Waals surface area contributed by atoms with Gasteiger partial charge in [0, 0.05) is 19.9 Å². The van der Waals surface area contributed by atoms with Gasteiger partial charge in [-0.2, -0.15) is 0 Å². The quantitative estimate of drug-likeness (QED) is 0.759. The van der Waals surface area contributed by atoms with Gasteiger partial charge < -0.3 is 5.73 Å². The van der Waals surface area contributed by atoms with Crippen LogP contribution < -0.4 is 5.73 Å². The number of halogens is 1. The molecule has 0 aliphatic heterocycles. The first kappa shape index (κ1) is 7.13. The van der Waals surface area contributed by atoms with Gasteiger partial charge in [-0.3, -0.25) is 4.98 Å². The summed E-state index contributed by atoms with van der Waals surface area (Å²) in [6.45, 7) is 0.848. The van der Waals surface area contributed by atoms with Crippen molar-refractivity contribution >= 4 is 28.2 Å². The van der Waals surface area contributed by atoms with Crippen molar-refractivity contribution in [3.8, 4) is 0 Å². The Morgan fingerprint density at radius 1 is 1.50 bits per heavy atom. The highest BCUT2D eigenvalue weighted by Gasteiger charge is 2.19. The fraction of sp³-hybridized carbons (Fsp3) is 0.308. The minimum absolute atomic E-state index is 0.0600. The van der Waals surface area contributed by atoms with E-state index in [2.05, 4.69) is 4.98 Å². The van der Waals surface area contributed by atoms with Gasteiger partial charge in [-0.1, -0.05) is 32.3 Å². The largest absolute Gasteiger partial charge is 0.397 e. The van der Waals surface area contributed by atoms with E-state index in [0.717, 1.165) is 0 Å². The first-order valence-corrected chi connectivity index (χ1v) is 5.29. The van der Waals surface area contributed by atoms with Crippen LogP contribution in [0.3, 0.4) is 0 Å². The highest BCUT2D eigenvalue weighted by Crippen LogP contribution is 2.29. The summed E-state index contributed by atoms with van der Waals surface area (Å²) in [6, 6.07) is 4.98. The van der Waals surface area contributed by atoms with Crippen molar-refractivity contribution in [3.05, 3.63) is 35.0 Å². The maximum Gasteiger partial charge on any atom is 0.0708 e. The van der Waals surface area contributed by atoms with Crippen LogP contribution in [0.5, 0.6) is 0 Å². The van der Waals surface area contributed by atoms with Crippen LogP contribution in [-0.4, -0.2) is 4.98 Å². The summed E-state index contributed by atoms with van der Waals surface area (Å²) in [7, 11) is 0. The average molecular weight is 239 g/mol. The molecule has 0 saturated heterocycles. The predicted molar refractivity (Wildman–Crippen MR) is 69.9 cm³/mol. The van der Waals surface area contributed by atoms with Gasteiger partial charge in [0.1, 0.15) is 0 Å². The minimum Gasteiger partial charge on any atom is -0.397 e. The van der Waals surface area contributed by atoms with E-state index in [0.29, 0.717) is 15.9 Å². The van der Waals surface area contributed by atoms with Crippen LogP contribution in [0.2, 0.25) is 5.02 Å². The van der Waals surface area contributed by atoms with E-state index < -0.39 is 12.3 Å². The lowest BCUT2D eigenvalue weighted by molar-refractivity contribution is 0.574. The van der Waals surface area contributed by atoms with Crippen molar-refractivity contribution in [2.75, 3.05) is 5.73 Å². The number of pyridine rings is 1. The molecule has 0 unspecified atom stereocenters. The second kappa shape index (κ2) is 3.63. The lowest BCUT2D eigenvalue weighted by Gasteiger charge is -2.20. The number of nitrogen functional groups attached to an aromatic ring is 1. The number of hydrogen-bond acceptors (Lipinski definition) is 2. The van der Waals surface area contributed by atoms with Crippen LogP contribution in [0.25, 0.3) is 10.9 Å². The number of benzene rings is 1. The Kier molecular flexibility index (Phi) is 1.62. The molecule has 0 amide bonds. The van der Waals surface area contributed by atoms with E-state index in [-0.39, 0.29) is 17.4 Å². The van der Waals surface area contributed by atoms with Crippen LogP contribution in [0, 0.1) is 0 Å². The summed E-state index contributed by atoms with van der Waals surface area (Å²) >= 11 is 5.90. The maximum atomic E-state index is 8.10. The van der Waals surface area contributed by atoms with Crippen LogP contribution in [0.4, 0.5) is 5.69 Å². The Hall–Kier alpha value is -1.28. The molecule has 0 bridgehead atoms. The molecule has 0 atom stereocenters. The van der Waals surface area contributed by atoms with Crippen molar-refractivity contribution < 1.29 is 5.48 Å². The van der Waals surface area contributed by atoms with Crippen LogP contribution in [0.1, 0.15) is 31.9 Å². The summed E-state index contributed by atoms with van der Waals surface area (Å²) in [5.41, 5.74) is 5.52. The van der Waals surface area contributed by atoms with Gasteiger partial charge in [-0.05, 0) is 24.2 Å². The minimum atomic E-state index is -2.26. The Morgan fingerprint density at radius 2 is 2.25 bits per heavy atom. The van der Waals surface area contributed by atoms with E-state index >= 15 is 0 Å². The van der Waals surface area contributed by atoms with E-state index in [1.165, 1.54) is 0 Å². The van der Waals surface area contributed by atoms with Crippen LogP contribution >= 0.6 is 11.6 Å². The summed E-state index contributed by atoms with van der Waals surface area (Å²) in [5, 5.41) is 0.995. The molecule has 2 rings (SSSR count). The van der Waals surface area contributed by atoms with Gasteiger partial charge in [0.05, 0.1) is 18.3 Å². The molecule has 1 heterocycles. The summed E-state index contributed by atoms with van der Waals surface area (Å²) in [6.07, 6.45) is 0. The van der Waals surface area contributed by atoms with Crippen molar-refractivity contribution in [3.63, 3.8) is 0 Å². The Labute approximate surface area is 106 Å². The molecule has 0 saturated carbocycles. The predicted octanol–water partition coefficient (Wildman–Crippen LogP) is 3.77. The summed E-state index contributed by atoms with van der Waals surface area (Å²) < 4.78 is 31.0. The van der Waals surface area contributed by atoms with E-state index in [4.69, 9.17) is 22.8 Å². The fourth-order valence-corrected chi connectivity index (χ4v) is 1.74. The number of hydrogen-bond donors (Lipinski definition) is 1. The molecule has 0 aliphatic carbocycles. The number of nitrogens with two attached hydrogens (primary N) is 1. The highest BCUT2D eigenvalue weighted by molar-refractivity contribution is 6.31. The number of aromatic nitrogens is 1. The van der Waals surface area contributed by atoms with Crippen molar-refractivity contribution in [2.24, 2.45) is 0 Å². The zero-order valence-electron chi connectivity index (χ0n) is 13.1. The van der Waals surface area contributed by atoms with Crippen LogP contribution in [0.15, 0.2) is 24.2 Å². The van der Waals surface area contributed by atoms with Gasteiger partial charge in [-0.25, -0.2) is 0 Å². The molecule has 2 nitrogen and oxygen atoms in total. The highest BCUT2D eigenvalue weighted by atomic mass is 35.5. The van der Waals surface area contributed by atoms with E-state index in [1.54, 1.807) is 32.0 Å². The second-order valence-electron chi connectivity index (χ2n) is 4.29. The third kappa shape index (κ3) is 1.98. The zero-order chi connectivity index (χ0) is 15.3. The zero-order valence-corrected chi connectivity index (χ0v) is 9.89. The fourth-order valence-electron chi connectivity index (χ4n) is 1.57. The number of nitrogens with zero attached hydrogens (tertiary/aromatic N) is 1.